The van der Waals surface area contributed by atoms with E-state index >= 15 is 0 Å². The number of benzene rings is 1. The summed E-state index contributed by atoms with van der Waals surface area (Å²) < 4.78 is 0. The van der Waals surface area contributed by atoms with E-state index in [1.165, 1.54) is 11.1 Å². The number of piperazine rings is 1. The van der Waals surface area contributed by atoms with E-state index in [1.807, 2.05) is 4.90 Å². The van der Waals surface area contributed by atoms with Crippen LogP contribution in [0.5, 0.6) is 0 Å². The first-order chi connectivity index (χ1) is 11.2. The molecule has 0 aliphatic carbocycles. The highest BCUT2D eigenvalue weighted by Gasteiger charge is 2.18. The van der Waals surface area contributed by atoms with Gasteiger partial charge in [0.2, 0.25) is 5.91 Å². The fraction of sp³-hybridized carbons (Fsp3) is 0.389. The van der Waals surface area contributed by atoms with E-state index in [1.54, 1.807) is 18.3 Å². The van der Waals surface area contributed by atoms with Crippen LogP contribution in [-0.4, -0.2) is 41.9 Å². The predicted molar refractivity (Wildman–Crippen MR) is 95.6 cm³/mol. The lowest BCUT2D eigenvalue weighted by Crippen LogP contribution is -2.47. The molecule has 3 rings (SSSR count). The Bertz CT molecular complexity index is 633. The van der Waals surface area contributed by atoms with Crippen molar-refractivity contribution in [2.45, 2.75) is 20.0 Å². The van der Waals surface area contributed by atoms with Crippen LogP contribution < -0.4 is 5.32 Å². The van der Waals surface area contributed by atoms with Crippen molar-refractivity contribution in [2.75, 3.05) is 31.5 Å². The minimum Gasteiger partial charge on any atom is -0.381 e. The summed E-state index contributed by atoms with van der Waals surface area (Å²) in [7, 11) is 0. The minimum absolute atomic E-state index is 0.185. The van der Waals surface area contributed by atoms with Gasteiger partial charge in [0.05, 0.1) is 0 Å². The molecule has 1 aliphatic rings. The number of thiophene rings is 1. The molecule has 1 saturated heterocycles. The molecule has 0 atom stereocenters. The van der Waals surface area contributed by atoms with Gasteiger partial charge in [0, 0.05) is 51.9 Å². The van der Waals surface area contributed by atoms with Gasteiger partial charge in [0.25, 0.3) is 0 Å². The SMILES string of the molecule is CC(=O)N1CCN(Cc2cccc(NCc3ccsc3)c2)CC1. The molecule has 0 radical (unpaired) electrons. The fourth-order valence-electron chi connectivity index (χ4n) is 2.86. The Morgan fingerprint density at radius 3 is 2.70 bits per heavy atom. The molecule has 1 aromatic heterocycles. The van der Waals surface area contributed by atoms with Crippen molar-refractivity contribution in [2.24, 2.45) is 0 Å². The Balaban J connectivity index is 1.52. The number of rotatable bonds is 5. The maximum atomic E-state index is 11.4. The molecular weight excluding hydrogens is 306 g/mol. The van der Waals surface area contributed by atoms with Gasteiger partial charge in [-0.05, 0) is 40.1 Å². The van der Waals surface area contributed by atoms with Gasteiger partial charge in [0.15, 0.2) is 0 Å². The van der Waals surface area contributed by atoms with E-state index in [0.29, 0.717) is 0 Å². The molecule has 2 aromatic rings. The normalized spacial score (nSPS) is 15.6. The highest BCUT2D eigenvalue weighted by Crippen LogP contribution is 2.16. The lowest BCUT2D eigenvalue weighted by atomic mass is 10.1. The number of nitrogens with zero attached hydrogens (tertiary/aromatic N) is 2. The molecule has 1 aliphatic heterocycles. The van der Waals surface area contributed by atoms with Crippen LogP contribution in [0.25, 0.3) is 0 Å². The van der Waals surface area contributed by atoms with Crippen molar-refractivity contribution in [3.8, 4) is 0 Å². The van der Waals surface area contributed by atoms with Crippen LogP contribution in [0, 0.1) is 0 Å². The standard InChI is InChI=1S/C18H23N3OS/c1-15(22)21-8-6-20(7-9-21)13-16-3-2-4-18(11-16)19-12-17-5-10-23-14-17/h2-5,10-11,14,19H,6-9,12-13H2,1H3. The Labute approximate surface area is 141 Å². The molecule has 4 nitrogen and oxygen atoms in total. The zero-order valence-electron chi connectivity index (χ0n) is 13.5. The molecule has 5 heteroatoms. The first-order valence-corrected chi connectivity index (χ1v) is 8.97. The van der Waals surface area contributed by atoms with Crippen molar-refractivity contribution >= 4 is 22.9 Å². The first kappa shape index (κ1) is 16.0. The van der Waals surface area contributed by atoms with Gasteiger partial charge in [-0.3, -0.25) is 9.69 Å². The van der Waals surface area contributed by atoms with Crippen LogP contribution in [-0.2, 0) is 17.9 Å². The van der Waals surface area contributed by atoms with Crippen molar-refractivity contribution in [1.82, 2.24) is 9.80 Å². The van der Waals surface area contributed by atoms with E-state index in [9.17, 15) is 4.79 Å². The molecule has 122 valence electrons. The first-order valence-electron chi connectivity index (χ1n) is 8.02. The average Bonchev–Trinajstić information content (AvgIpc) is 3.07. The lowest BCUT2D eigenvalue weighted by Gasteiger charge is -2.34. The van der Waals surface area contributed by atoms with E-state index in [2.05, 4.69) is 51.3 Å². The molecular formula is C18H23N3OS. The Hall–Kier alpha value is -1.85. The van der Waals surface area contributed by atoms with Gasteiger partial charge in [0.1, 0.15) is 0 Å². The second-order valence-electron chi connectivity index (χ2n) is 5.97. The number of carbonyl (C=O) groups excluding carboxylic acids is 1. The number of anilines is 1. The van der Waals surface area contributed by atoms with Crippen LogP contribution in [0.15, 0.2) is 41.1 Å². The molecule has 1 N–H and O–H groups in total. The molecule has 0 unspecified atom stereocenters. The fourth-order valence-corrected chi connectivity index (χ4v) is 3.52. The van der Waals surface area contributed by atoms with Gasteiger partial charge in [-0.2, -0.15) is 11.3 Å². The summed E-state index contributed by atoms with van der Waals surface area (Å²) in [4.78, 5) is 15.7. The topological polar surface area (TPSA) is 35.6 Å². The Kier molecular flexibility index (Phi) is 5.31. The largest absolute Gasteiger partial charge is 0.381 e. The highest BCUT2D eigenvalue weighted by atomic mass is 32.1. The van der Waals surface area contributed by atoms with Crippen LogP contribution in [0.2, 0.25) is 0 Å². The van der Waals surface area contributed by atoms with Crippen molar-refractivity contribution in [3.63, 3.8) is 0 Å². The third-order valence-electron chi connectivity index (χ3n) is 4.23. The number of hydrogen-bond acceptors (Lipinski definition) is 4. The van der Waals surface area contributed by atoms with Gasteiger partial charge in [-0.25, -0.2) is 0 Å². The van der Waals surface area contributed by atoms with E-state index in [-0.39, 0.29) is 5.91 Å². The lowest BCUT2D eigenvalue weighted by molar-refractivity contribution is -0.130. The predicted octanol–water partition coefficient (Wildman–Crippen LogP) is 3.02. The molecule has 0 bridgehead atoms. The monoisotopic (exact) mass is 329 g/mol. The summed E-state index contributed by atoms with van der Waals surface area (Å²) in [6.45, 7) is 7.04. The molecule has 0 saturated carbocycles. The van der Waals surface area contributed by atoms with E-state index < -0.39 is 0 Å². The third-order valence-corrected chi connectivity index (χ3v) is 4.96. The Morgan fingerprint density at radius 1 is 1.17 bits per heavy atom. The van der Waals surface area contributed by atoms with Crippen LogP contribution >= 0.6 is 11.3 Å². The highest BCUT2D eigenvalue weighted by molar-refractivity contribution is 7.07. The molecule has 1 amide bonds. The van der Waals surface area contributed by atoms with Gasteiger partial charge in [-0.1, -0.05) is 12.1 Å². The quantitative estimate of drug-likeness (QED) is 0.916. The van der Waals surface area contributed by atoms with E-state index in [4.69, 9.17) is 0 Å². The van der Waals surface area contributed by atoms with Crippen molar-refractivity contribution in [3.05, 3.63) is 52.2 Å². The summed E-state index contributed by atoms with van der Waals surface area (Å²) >= 11 is 1.73. The van der Waals surface area contributed by atoms with Crippen LogP contribution in [0.3, 0.4) is 0 Å². The average molecular weight is 329 g/mol. The molecule has 0 spiro atoms. The number of amides is 1. The molecule has 2 heterocycles. The zero-order valence-corrected chi connectivity index (χ0v) is 14.3. The van der Waals surface area contributed by atoms with Crippen LogP contribution in [0.4, 0.5) is 5.69 Å². The van der Waals surface area contributed by atoms with Crippen LogP contribution in [0.1, 0.15) is 18.1 Å². The minimum atomic E-state index is 0.185. The Morgan fingerprint density at radius 2 is 2.00 bits per heavy atom. The summed E-state index contributed by atoms with van der Waals surface area (Å²) in [6.07, 6.45) is 0. The summed E-state index contributed by atoms with van der Waals surface area (Å²) in [5.41, 5.74) is 3.80. The third kappa shape index (κ3) is 4.56. The maximum absolute atomic E-state index is 11.4. The van der Waals surface area contributed by atoms with Gasteiger partial charge < -0.3 is 10.2 Å². The molecule has 23 heavy (non-hydrogen) atoms. The summed E-state index contributed by atoms with van der Waals surface area (Å²) in [6, 6.07) is 10.8. The smallest absolute Gasteiger partial charge is 0.219 e. The van der Waals surface area contributed by atoms with E-state index in [0.717, 1.165) is 45.0 Å². The number of carbonyl (C=O) groups is 1. The van der Waals surface area contributed by atoms with Gasteiger partial charge >= 0.3 is 0 Å². The number of hydrogen-bond donors (Lipinski definition) is 1. The van der Waals surface area contributed by atoms with Crippen molar-refractivity contribution in [1.29, 1.82) is 0 Å². The van der Waals surface area contributed by atoms with Gasteiger partial charge in [-0.15, -0.1) is 0 Å². The number of nitrogens with one attached hydrogen (secondary N) is 1. The summed E-state index contributed by atoms with van der Waals surface area (Å²) in [5, 5.41) is 7.76. The van der Waals surface area contributed by atoms with Crippen molar-refractivity contribution < 1.29 is 4.79 Å². The molecule has 1 fully saturated rings. The second kappa shape index (κ2) is 7.62. The molecule has 1 aromatic carbocycles. The maximum Gasteiger partial charge on any atom is 0.219 e. The zero-order chi connectivity index (χ0) is 16.1. The summed E-state index contributed by atoms with van der Waals surface area (Å²) in [5.74, 6) is 0.185. The second-order valence-corrected chi connectivity index (χ2v) is 6.75.